The summed E-state index contributed by atoms with van der Waals surface area (Å²) >= 11 is 1.29. The highest BCUT2D eigenvalue weighted by atomic mass is 32.2. The number of carbonyl (C=O) groups is 1. The van der Waals surface area contributed by atoms with Crippen molar-refractivity contribution in [3.63, 3.8) is 0 Å². The second-order valence-electron chi connectivity index (χ2n) is 6.27. The van der Waals surface area contributed by atoms with Crippen LogP contribution in [0.1, 0.15) is 18.1 Å². The van der Waals surface area contributed by atoms with Crippen molar-refractivity contribution in [2.45, 2.75) is 25.5 Å². The van der Waals surface area contributed by atoms with E-state index in [1.54, 1.807) is 0 Å². The average Bonchev–Trinajstić information content (AvgIpc) is 3.11. The molecule has 29 heavy (non-hydrogen) atoms. The maximum absolute atomic E-state index is 12.0. The van der Waals surface area contributed by atoms with Gasteiger partial charge in [-0.05, 0) is 55.4 Å². The molecule has 0 spiro atoms. The van der Waals surface area contributed by atoms with Crippen LogP contribution in [-0.2, 0) is 11.3 Å². The van der Waals surface area contributed by atoms with Gasteiger partial charge in [0.15, 0.2) is 0 Å². The summed E-state index contributed by atoms with van der Waals surface area (Å²) in [5.74, 6) is 0.195. The van der Waals surface area contributed by atoms with Gasteiger partial charge < -0.3 is 10.2 Å². The molecule has 0 saturated carbocycles. The monoisotopic (exact) mass is 411 g/mol. The van der Waals surface area contributed by atoms with Crippen molar-refractivity contribution < 1.29 is 19.6 Å². The standard InChI is InChI=1S/C20H21N5O3S/c1-3-25-19(14-6-4-13(2)5-7-14)23-24-20(25)29-12-18(28)22-21-11-15-8-9-16(26)10-17(15)27/h4-11H,3,12H2,1-2H3,(H3,21,22,26,27,28). The molecule has 9 heteroatoms. The minimum absolute atomic E-state index is 0.110. The van der Waals surface area contributed by atoms with Crippen LogP contribution in [0.5, 0.6) is 11.5 Å². The summed E-state index contributed by atoms with van der Waals surface area (Å²) < 4.78 is 2.01. The van der Waals surface area contributed by atoms with Crippen LogP contribution in [0.4, 0.5) is 0 Å². The number of thioether (sulfide) groups is 1. The van der Waals surface area contributed by atoms with Crippen LogP contribution >= 0.6 is 11.8 Å². The summed E-state index contributed by atoms with van der Waals surface area (Å²) in [5, 5.41) is 32.7. The lowest BCUT2D eigenvalue weighted by atomic mass is 10.1. The Morgan fingerprint density at radius 2 is 2.10 bits per heavy atom. The molecule has 0 fully saturated rings. The molecule has 0 atom stereocenters. The van der Waals surface area contributed by atoms with Gasteiger partial charge in [0.25, 0.3) is 11.7 Å². The summed E-state index contributed by atoms with van der Waals surface area (Å²) in [7, 11) is 0. The Hall–Kier alpha value is -3.33. The molecule has 8 nitrogen and oxygen atoms in total. The Morgan fingerprint density at radius 3 is 2.79 bits per heavy atom. The van der Waals surface area contributed by atoms with Crippen molar-refractivity contribution in [1.82, 2.24) is 15.6 Å². The Morgan fingerprint density at radius 1 is 1.34 bits per heavy atom. The zero-order chi connectivity index (χ0) is 20.8. The summed E-state index contributed by atoms with van der Waals surface area (Å²) in [4.78, 5) is 12.0. The number of aromatic amines is 1. The molecule has 0 aliphatic carbocycles. The second-order valence-corrected chi connectivity index (χ2v) is 7.21. The first-order valence-corrected chi connectivity index (χ1v) is 9.96. The summed E-state index contributed by atoms with van der Waals surface area (Å²) in [6, 6.07) is 12.0. The van der Waals surface area contributed by atoms with Gasteiger partial charge in [0.1, 0.15) is 5.75 Å². The Balaban J connectivity index is 1.60. The topological polar surface area (TPSA) is 117 Å². The van der Waals surface area contributed by atoms with Crippen molar-refractivity contribution in [3.05, 3.63) is 53.6 Å². The fraction of sp³-hybridized carbons (Fsp3) is 0.200. The van der Waals surface area contributed by atoms with E-state index >= 15 is 0 Å². The molecule has 3 aromatic rings. The van der Waals surface area contributed by atoms with E-state index in [9.17, 15) is 15.0 Å². The van der Waals surface area contributed by atoms with Crippen LogP contribution in [0, 0.1) is 6.92 Å². The summed E-state index contributed by atoms with van der Waals surface area (Å²) in [6.45, 7) is 4.75. The van der Waals surface area contributed by atoms with Gasteiger partial charge in [0, 0.05) is 0 Å². The minimum Gasteiger partial charge on any atom is -0.872 e. The van der Waals surface area contributed by atoms with E-state index in [0.29, 0.717) is 11.7 Å². The van der Waals surface area contributed by atoms with E-state index < -0.39 is 0 Å². The number of aryl methyl sites for hydroxylation is 1. The first-order valence-electron chi connectivity index (χ1n) is 8.98. The molecule has 2 aromatic carbocycles. The molecule has 0 aliphatic rings. The van der Waals surface area contributed by atoms with Crippen molar-refractivity contribution >= 4 is 23.9 Å². The van der Waals surface area contributed by atoms with E-state index in [-0.39, 0.29) is 28.7 Å². The van der Waals surface area contributed by atoms with Crippen molar-refractivity contribution in [1.29, 1.82) is 0 Å². The van der Waals surface area contributed by atoms with E-state index in [4.69, 9.17) is 0 Å². The van der Waals surface area contributed by atoms with Gasteiger partial charge in [0.05, 0.1) is 29.2 Å². The summed E-state index contributed by atoms with van der Waals surface area (Å²) in [6.07, 6.45) is 1.25. The van der Waals surface area contributed by atoms with E-state index in [1.165, 1.54) is 35.7 Å². The van der Waals surface area contributed by atoms with E-state index in [1.807, 2.05) is 42.7 Å². The van der Waals surface area contributed by atoms with Gasteiger partial charge in [-0.2, -0.15) is 5.10 Å². The van der Waals surface area contributed by atoms with Gasteiger partial charge in [-0.3, -0.25) is 4.79 Å². The first kappa shape index (κ1) is 20.4. The number of aromatic hydroxyl groups is 1. The minimum atomic E-state index is -0.374. The molecule has 0 aliphatic heterocycles. The fourth-order valence-electron chi connectivity index (χ4n) is 2.62. The average molecular weight is 411 g/mol. The third kappa shape index (κ3) is 5.14. The van der Waals surface area contributed by atoms with Crippen LogP contribution in [0.15, 0.2) is 52.7 Å². The molecule has 0 saturated heterocycles. The Labute approximate surface area is 172 Å². The lowest BCUT2D eigenvalue weighted by Gasteiger charge is -2.09. The molecule has 0 unspecified atom stereocenters. The molecule has 1 aromatic heterocycles. The number of carbonyl (C=O) groups excluding carboxylic acids is 1. The van der Waals surface area contributed by atoms with Gasteiger partial charge in [0.2, 0.25) is 0 Å². The normalized spacial score (nSPS) is 11.1. The summed E-state index contributed by atoms with van der Waals surface area (Å²) in [5.41, 5.74) is 4.86. The Kier molecular flexibility index (Phi) is 6.50. The van der Waals surface area contributed by atoms with E-state index in [0.717, 1.165) is 17.5 Å². The molecular weight excluding hydrogens is 390 g/mol. The number of nitrogens with zero attached hydrogens (tertiary/aromatic N) is 3. The van der Waals surface area contributed by atoms with Crippen molar-refractivity contribution in [2.24, 2.45) is 5.10 Å². The predicted molar refractivity (Wildman–Crippen MR) is 109 cm³/mol. The Bertz CT molecular complexity index is 1030. The van der Waals surface area contributed by atoms with Crippen LogP contribution in [-0.4, -0.2) is 33.2 Å². The highest BCUT2D eigenvalue weighted by Gasteiger charge is 2.21. The first-order chi connectivity index (χ1) is 14.0. The maximum Gasteiger partial charge on any atom is 0.337 e. The smallest absolute Gasteiger partial charge is 0.337 e. The largest absolute Gasteiger partial charge is 0.872 e. The number of benzene rings is 2. The van der Waals surface area contributed by atoms with Crippen LogP contribution in [0.3, 0.4) is 0 Å². The number of H-pyrrole nitrogens is 1. The predicted octanol–water partition coefficient (Wildman–Crippen LogP) is 1.71. The fourth-order valence-corrected chi connectivity index (χ4v) is 3.43. The highest BCUT2D eigenvalue weighted by Crippen LogP contribution is 2.19. The second kappa shape index (κ2) is 9.24. The molecule has 1 amide bonds. The van der Waals surface area contributed by atoms with E-state index in [2.05, 4.69) is 20.7 Å². The number of hydrogen-bond donors (Lipinski definition) is 3. The number of phenolic OH excluding ortho intramolecular Hbond substituents is 1. The van der Waals surface area contributed by atoms with Crippen LogP contribution < -0.4 is 15.1 Å². The van der Waals surface area contributed by atoms with Crippen LogP contribution in [0.25, 0.3) is 11.4 Å². The number of nitrogens with one attached hydrogen (secondary N) is 2. The zero-order valence-corrected chi connectivity index (χ0v) is 16.9. The lowest BCUT2D eigenvalue weighted by molar-refractivity contribution is -0.719. The SMILES string of the molecule is CC[n+]1c(SCC(=O)NN=Cc2ccc(O)cc2[O-])n[nH]c1-c1ccc(C)cc1. The number of hydrogen-bond acceptors (Lipinski definition) is 6. The molecule has 3 rings (SSSR count). The van der Waals surface area contributed by atoms with Gasteiger partial charge in [-0.15, -0.1) is 5.10 Å². The number of amides is 1. The molecular formula is C20H21N5O3S. The van der Waals surface area contributed by atoms with Gasteiger partial charge >= 0.3 is 5.16 Å². The molecule has 150 valence electrons. The number of aromatic nitrogens is 3. The molecule has 3 N–H and O–H groups in total. The molecule has 0 radical (unpaired) electrons. The quantitative estimate of drug-likeness (QED) is 0.237. The highest BCUT2D eigenvalue weighted by molar-refractivity contribution is 7.99. The van der Waals surface area contributed by atoms with Crippen molar-refractivity contribution in [2.75, 3.05) is 5.75 Å². The van der Waals surface area contributed by atoms with Crippen LogP contribution in [0.2, 0.25) is 0 Å². The third-order valence-corrected chi connectivity index (χ3v) is 5.10. The van der Waals surface area contributed by atoms with Crippen molar-refractivity contribution in [3.8, 4) is 22.9 Å². The third-order valence-electron chi connectivity index (χ3n) is 4.12. The number of phenols is 1. The van der Waals surface area contributed by atoms with Gasteiger partial charge in [-0.1, -0.05) is 29.5 Å². The number of hydrazone groups is 1. The lowest BCUT2D eigenvalue weighted by Crippen LogP contribution is -2.36. The van der Waals surface area contributed by atoms with Gasteiger partial charge in [-0.25, -0.2) is 9.99 Å². The maximum atomic E-state index is 12.0. The zero-order valence-electron chi connectivity index (χ0n) is 16.0. The molecule has 0 bridgehead atoms. The molecule has 1 heterocycles. The number of rotatable bonds is 7.